The van der Waals surface area contributed by atoms with Crippen LogP contribution in [0.15, 0.2) is 54.6 Å². The van der Waals surface area contributed by atoms with E-state index in [1.165, 1.54) is 11.6 Å². The van der Waals surface area contributed by atoms with Crippen molar-refractivity contribution < 1.29 is 0 Å². The summed E-state index contributed by atoms with van der Waals surface area (Å²) >= 11 is -0.910. The van der Waals surface area contributed by atoms with Crippen molar-refractivity contribution in [1.29, 1.82) is 0 Å². The van der Waals surface area contributed by atoms with E-state index in [-0.39, 0.29) is 0 Å². The van der Waals surface area contributed by atoms with Gasteiger partial charge in [-0.25, -0.2) is 0 Å². The Hall–Kier alpha value is -1.00. The molecule has 0 radical (unpaired) electrons. The molecule has 0 aliphatic carbocycles. The molecule has 2 aromatic carbocycles. The first-order chi connectivity index (χ1) is 7.45. The number of aryl methyl sites for hydroxylation is 1. The summed E-state index contributed by atoms with van der Waals surface area (Å²) in [5.74, 6) is 0. The van der Waals surface area contributed by atoms with Crippen molar-refractivity contribution in [3.05, 3.63) is 60.2 Å². The van der Waals surface area contributed by atoms with Crippen LogP contribution in [0.4, 0.5) is 0 Å². The molecular weight excluding hydrogens is 243 g/mol. The van der Waals surface area contributed by atoms with Crippen molar-refractivity contribution in [2.75, 3.05) is 0 Å². The van der Waals surface area contributed by atoms with Crippen LogP contribution in [0.2, 0.25) is 5.21 Å². The summed E-state index contributed by atoms with van der Waals surface area (Å²) in [4.78, 5) is 0. The predicted octanol–water partition coefficient (Wildman–Crippen LogP) is 1.85. The van der Waals surface area contributed by atoms with E-state index in [0.717, 1.165) is 0 Å². The Morgan fingerprint density at radius 3 is 2.40 bits per heavy atom. The van der Waals surface area contributed by atoms with Crippen molar-refractivity contribution in [2.24, 2.45) is 0 Å². The van der Waals surface area contributed by atoms with Crippen molar-refractivity contribution in [3.63, 3.8) is 0 Å². The Kier molecular flexibility index (Phi) is 2.38. The third-order valence-electron chi connectivity index (χ3n) is 2.96. The zero-order valence-electron chi connectivity index (χ0n) is 8.56. The molecule has 0 bridgehead atoms. The fourth-order valence-electron chi connectivity index (χ4n) is 2.21. The monoisotopic (exact) mass is 256 g/mol. The molecule has 1 aliphatic heterocycles. The maximum absolute atomic E-state index is 2.34. The molecule has 1 aliphatic rings. The topological polar surface area (TPSA) is 0 Å². The van der Waals surface area contributed by atoms with Crippen LogP contribution < -0.4 is 8.70 Å². The van der Waals surface area contributed by atoms with Crippen LogP contribution in [0, 0.1) is 0 Å². The molecule has 0 aromatic heterocycles. The van der Waals surface area contributed by atoms with Gasteiger partial charge in [0.2, 0.25) is 0 Å². The molecule has 3 rings (SSSR count). The molecule has 0 spiro atoms. The summed E-state index contributed by atoms with van der Waals surface area (Å²) in [6.45, 7) is 0. The standard InChI is InChI=1S/C14H13As/c1-2-7-13(8-3-1)15-11-10-12-6-4-5-9-14(12)15/h1-9H,10-11H2. The number of fused-ring (bicyclic) bond motifs is 1. The third-order valence-corrected chi connectivity index (χ3v) is 8.43. The molecule has 15 heavy (non-hydrogen) atoms. The van der Waals surface area contributed by atoms with E-state index < -0.39 is 14.7 Å². The first-order valence-electron chi connectivity index (χ1n) is 5.36. The Labute approximate surface area is 95.2 Å². The molecule has 1 heteroatoms. The van der Waals surface area contributed by atoms with E-state index in [2.05, 4.69) is 54.6 Å². The van der Waals surface area contributed by atoms with Crippen molar-refractivity contribution in [1.82, 2.24) is 0 Å². The second kappa shape index (κ2) is 3.87. The normalized spacial score (nSPS) is 18.8. The van der Waals surface area contributed by atoms with Gasteiger partial charge in [0.1, 0.15) is 0 Å². The molecule has 0 saturated heterocycles. The summed E-state index contributed by atoms with van der Waals surface area (Å²) < 4.78 is 3.28. The molecule has 1 heterocycles. The van der Waals surface area contributed by atoms with Crippen LogP contribution in [-0.2, 0) is 6.42 Å². The molecule has 0 amide bonds. The summed E-state index contributed by atoms with van der Waals surface area (Å²) in [5.41, 5.74) is 1.60. The Morgan fingerprint density at radius 1 is 0.800 bits per heavy atom. The zero-order valence-corrected chi connectivity index (χ0v) is 10.4. The molecule has 2 aromatic rings. The molecule has 0 nitrogen and oxygen atoms in total. The van der Waals surface area contributed by atoms with Gasteiger partial charge in [-0.1, -0.05) is 0 Å². The number of benzene rings is 2. The van der Waals surface area contributed by atoms with Crippen LogP contribution in [-0.4, -0.2) is 14.7 Å². The number of hydrogen-bond acceptors (Lipinski definition) is 0. The predicted molar refractivity (Wildman–Crippen MR) is 66.4 cm³/mol. The van der Waals surface area contributed by atoms with Gasteiger partial charge in [0, 0.05) is 0 Å². The van der Waals surface area contributed by atoms with E-state index in [0.29, 0.717) is 0 Å². The summed E-state index contributed by atoms with van der Waals surface area (Å²) in [5, 5.41) is 1.41. The molecular formula is C14H13As. The minimum absolute atomic E-state index is 0.910. The Balaban J connectivity index is 2.05. The van der Waals surface area contributed by atoms with Gasteiger partial charge in [-0.2, -0.15) is 0 Å². The van der Waals surface area contributed by atoms with E-state index in [1.54, 1.807) is 14.3 Å². The quantitative estimate of drug-likeness (QED) is 0.683. The summed E-state index contributed by atoms with van der Waals surface area (Å²) in [6.07, 6.45) is 1.30. The average Bonchev–Trinajstić information content (AvgIpc) is 2.74. The Morgan fingerprint density at radius 2 is 1.53 bits per heavy atom. The van der Waals surface area contributed by atoms with Crippen molar-refractivity contribution in [3.8, 4) is 0 Å². The van der Waals surface area contributed by atoms with Crippen LogP contribution in [0.3, 0.4) is 0 Å². The molecule has 0 N–H and O–H groups in total. The third kappa shape index (κ3) is 1.64. The fraction of sp³-hybridized carbons (Fsp3) is 0.143. The van der Waals surface area contributed by atoms with Crippen molar-refractivity contribution in [2.45, 2.75) is 11.6 Å². The second-order valence-electron chi connectivity index (χ2n) is 3.87. The first-order valence-corrected chi connectivity index (χ1v) is 8.56. The van der Waals surface area contributed by atoms with Gasteiger partial charge in [0.05, 0.1) is 0 Å². The molecule has 1 unspecified atom stereocenters. The van der Waals surface area contributed by atoms with Crippen LogP contribution >= 0.6 is 0 Å². The van der Waals surface area contributed by atoms with Crippen LogP contribution in [0.1, 0.15) is 5.56 Å². The number of rotatable bonds is 1. The van der Waals surface area contributed by atoms with Gasteiger partial charge in [-0.15, -0.1) is 0 Å². The molecule has 74 valence electrons. The maximum atomic E-state index is 2.34. The molecule has 0 fully saturated rings. The van der Waals surface area contributed by atoms with Crippen LogP contribution in [0.5, 0.6) is 0 Å². The van der Waals surface area contributed by atoms with Gasteiger partial charge >= 0.3 is 95.1 Å². The van der Waals surface area contributed by atoms with Gasteiger partial charge in [0.15, 0.2) is 0 Å². The van der Waals surface area contributed by atoms with E-state index in [9.17, 15) is 0 Å². The zero-order chi connectivity index (χ0) is 10.1. The second-order valence-corrected chi connectivity index (χ2v) is 8.69. The van der Waals surface area contributed by atoms with Gasteiger partial charge < -0.3 is 0 Å². The summed E-state index contributed by atoms with van der Waals surface area (Å²) in [6, 6.07) is 20.1. The van der Waals surface area contributed by atoms with Crippen LogP contribution in [0.25, 0.3) is 0 Å². The molecule has 1 atom stereocenters. The molecule has 0 saturated carbocycles. The minimum atomic E-state index is -0.910. The van der Waals surface area contributed by atoms with E-state index >= 15 is 0 Å². The first kappa shape index (κ1) is 9.24. The Bertz CT molecular complexity index is 462. The average molecular weight is 256 g/mol. The van der Waals surface area contributed by atoms with Gasteiger partial charge in [-0.05, 0) is 0 Å². The van der Waals surface area contributed by atoms with Gasteiger partial charge in [0.25, 0.3) is 0 Å². The summed E-state index contributed by atoms with van der Waals surface area (Å²) in [7, 11) is 0. The van der Waals surface area contributed by atoms with Gasteiger partial charge in [-0.3, -0.25) is 0 Å². The fourth-order valence-corrected chi connectivity index (χ4v) is 7.61. The van der Waals surface area contributed by atoms with Crippen molar-refractivity contribution >= 4 is 23.4 Å². The number of hydrogen-bond donors (Lipinski definition) is 0. The van der Waals surface area contributed by atoms with E-state index in [4.69, 9.17) is 0 Å². The van der Waals surface area contributed by atoms with E-state index in [1.807, 2.05) is 0 Å². The SMILES string of the molecule is c1ccc([As]2CCc3ccccc32)cc1.